The molecule has 2 aromatic rings. The van der Waals surface area contributed by atoms with Gasteiger partial charge in [-0.25, -0.2) is 0 Å². The molecule has 148 valence electrons. The number of rotatable bonds is 7. The maximum Gasteiger partial charge on any atom is 0.191 e. The van der Waals surface area contributed by atoms with Gasteiger partial charge in [0.05, 0.1) is 18.3 Å². The average Bonchev–Trinajstić information content (AvgIpc) is 3.09. The van der Waals surface area contributed by atoms with E-state index in [1.165, 1.54) is 24.0 Å². The van der Waals surface area contributed by atoms with Crippen molar-refractivity contribution in [2.75, 3.05) is 20.2 Å². The van der Waals surface area contributed by atoms with E-state index in [1.54, 1.807) is 13.2 Å². The number of fused-ring (bicyclic) bond motifs is 1. The Morgan fingerprint density at radius 2 is 2.15 bits per heavy atom. The van der Waals surface area contributed by atoms with E-state index >= 15 is 0 Å². The molecule has 0 saturated heterocycles. The minimum absolute atomic E-state index is 0. The number of hydrogen-bond donors (Lipinski definition) is 2. The fraction of sp³-hybridized carbons (Fsp3) is 0.500. The summed E-state index contributed by atoms with van der Waals surface area (Å²) < 4.78 is 8.00. The fourth-order valence-corrected chi connectivity index (χ4v) is 3.36. The van der Waals surface area contributed by atoms with Gasteiger partial charge >= 0.3 is 0 Å². The number of aliphatic imine (C=N–C) groups is 1. The van der Waals surface area contributed by atoms with Crippen molar-refractivity contribution in [2.24, 2.45) is 12.0 Å². The Hall–Kier alpha value is -1.61. The Kier molecular flexibility index (Phi) is 9.06. The monoisotopic (exact) mass is 483 g/mol. The summed E-state index contributed by atoms with van der Waals surface area (Å²) in [4.78, 5) is 4.26. The number of nitrogens with one attached hydrogen (secondary N) is 2. The van der Waals surface area contributed by atoms with Crippen molar-refractivity contribution in [3.63, 3.8) is 0 Å². The molecule has 0 fully saturated rings. The summed E-state index contributed by atoms with van der Waals surface area (Å²) in [6, 6.07) is 10.7. The number of nitrogens with zero attached hydrogens (tertiary/aromatic N) is 3. The second-order valence-corrected chi connectivity index (χ2v) is 6.60. The minimum atomic E-state index is 0. The van der Waals surface area contributed by atoms with Gasteiger partial charge in [0.1, 0.15) is 0 Å². The zero-order valence-electron chi connectivity index (χ0n) is 16.1. The Labute approximate surface area is 178 Å². The summed E-state index contributed by atoms with van der Waals surface area (Å²) >= 11 is 0. The van der Waals surface area contributed by atoms with Crippen molar-refractivity contribution in [1.82, 2.24) is 20.4 Å². The molecule has 1 aromatic heterocycles. The SMILES string of the molecule is CN=C(NCCCOC1CCCc2ccccc21)NCc1ccnn1C.I. The van der Waals surface area contributed by atoms with E-state index in [-0.39, 0.29) is 30.1 Å². The second kappa shape index (κ2) is 11.3. The molecule has 7 heteroatoms. The molecule has 27 heavy (non-hydrogen) atoms. The highest BCUT2D eigenvalue weighted by Crippen LogP contribution is 2.32. The van der Waals surface area contributed by atoms with Crippen LogP contribution in [-0.2, 0) is 24.8 Å². The molecule has 3 rings (SSSR count). The van der Waals surface area contributed by atoms with Crippen molar-refractivity contribution < 1.29 is 4.74 Å². The third kappa shape index (κ3) is 6.21. The van der Waals surface area contributed by atoms with Crippen LogP contribution in [0.15, 0.2) is 41.5 Å². The van der Waals surface area contributed by atoms with Gasteiger partial charge in [0, 0.05) is 33.4 Å². The second-order valence-electron chi connectivity index (χ2n) is 6.60. The van der Waals surface area contributed by atoms with Gasteiger partial charge in [0.15, 0.2) is 5.96 Å². The molecule has 0 bridgehead atoms. The predicted molar refractivity (Wildman–Crippen MR) is 120 cm³/mol. The number of guanidine groups is 1. The Bertz CT molecular complexity index is 731. The standard InChI is InChI=1S/C20H29N5O.HI/c1-21-20(23-15-17-11-13-24-25(17)2)22-12-6-14-26-19-10-5-8-16-7-3-4-9-18(16)19;/h3-4,7,9,11,13,19H,5-6,8,10,12,14-15H2,1-2H3,(H2,21,22,23);1H. The van der Waals surface area contributed by atoms with Crippen LogP contribution in [0.2, 0.25) is 0 Å². The van der Waals surface area contributed by atoms with E-state index < -0.39 is 0 Å². The summed E-state index contributed by atoms with van der Waals surface area (Å²) in [5.74, 6) is 0.800. The third-order valence-corrected chi connectivity index (χ3v) is 4.83. The highest BCUT2D eigenvalue weighted by atomic mass is 127. The summed E-state index contributed by atoms with van der Waals surface area (Å²) in [7, 11) is 3.72. The predicted octanol–water partition coefficient (Wildman–Crippen LogP) is 3.19. The van der Waals surface area contributed by atoms with Crippen LogP contribution in [0.25, 0.3) is 0 Å². The summed E-state index contributed by atoms with van der Waals surface area (Å²) in [5.41, 5.74) is 3.94. The maximum atomic E-state index is 6.15. The normalized spacial score (nSPS) is 16.4. The lowest BCUT2D eigenvalue weighted by Crippen LogP contribution is -2.38. The molecule has 1 unspecified atom stereocenters. The highest BCUT2D eigenvalue weighted by molar-refractivity contribution is 14.0. The van der Waals surface area contributed by atoms with Crippen LogP contribution in [0, 0.1) is 0 Å². The third-order valence-electron chi connectivity index (χ3n) is 4.83. The molecule has 1 atom stereocenters. The van der Waals surface area contributed by atoms with Crippen LogP contribution < -0.4 is 10.6 Å². The lowest BCUT2D eigenvalue weighted by atomic mass is 9.89. The molecule has 1 heterocycles. The molecule has 2 N–H and O–H groups in total. The van der Waals surface area contributed by atoms with E-state index in [4.69, 9.17) is 4.74 Å². The fourth-order valence-electron chi connectivity index (χ4n) is 3.36. The van der Waals surface area contributed by atoms with Gasteiger partial charge in [-0.2, -0.15) is 5.10 Å². The van der Waals surface area contributed by atoms with E-state index in [0.29, 0.717) is 6.54 Å². The van der Waals surface area contributed by atoms with Gasteiger partial charge in [-0.3, -0.25) is 9.67 Å². The molecule has 6 nitrogen and oxygen atoms in total. The number of hydrogen-bond acceptors (Lipinski definition) is 3. The number of ether oxygens (including phenoxy) is 1. The largest absolute Gasteiger partial charge is 0.373 e. The van der Waals surface area contributed by atoms with Gasteiger partial charge in [-0.1, -0.05) is 24.3 Å². The van der Waals surface area contributed by atoms with Crippen molar-refractivity contribution in [1.29, 1.82) is 0 Å². The van der Waals surface area contributed by atoms with Crippen LogP contribution in [0.3, 0.4) is 0 Å². The molecule has 0 aliphatic heterocycles. The zero-order chi connectivity index (χ0) is 18.2. The van der Waals surface area contributed by atoms with E-state index in [9.17, 15) is 0 Å². The van der Waals surface area contributed by atoms with Crippen molar-refractivity contribution in [2.45, 2.75) is 38.3 Å². The lowest BCUT2D eigenvalue weighted by molar-refractivity contribution is 0.0398. The maximum absolute atomic E-state index is 6.15. The topological polar surface area (TPSA) is 63.5 Å². The zero-order valence-corrected chi connectivity index (χ0v) is 18.5. The molecular weight excluding hydrogens is 453 g/mol. The minimum Gasteiger partial charge on any atom is -0.373 e. The first-order valence-electron chi connectivity index (χ1n) is 9.38. The Morgan fingerprint density at radius 1 is 1.30 bits per heavy atom. The molecule has 1 aromatic carbocycles. The molecule has 0 radical (unpaired) electrons. The van der Waals surface area contributed by atoms with Crippen molar-refractivity contribution in [3.05, 3.63) is 53.3 Å². The van der Waals surface area contributed by atoms with Crippen LogP contribution in [-0.4, -0.2) is 35.9 Å². The molecule has 1 aliphatic rings. The molecule has 0 amide bonds. The molecular formula is C20H30IN5O. The smallest absolute Gasteiger partial charge is 0.191 e. The van der Waals surface area contributed by atoms with Crippen LogP contribution >= 0.6 is 24.0 Å². The van der Waals surface area contributed by atoms with Crippen molar-refractivity contribution >= 4 is 29.9 Å². The average molecular weight is 483 g/mol. The first-order chi connectivity index (χ1) is 12.8. The molecule has 1 aliphatic carbocycles. The number of benzene rings is 1. The van der Waals surface area contributed by atoms with Gasteiger partial charge < -0.3 is 15.4 Å². The molecule has 0 saturated carbocycles. The quantitative estimate of drug-likeness (QED) is 0.275. The first kappa shape index (κ1) is 21.7. The van der Waals surface area contributed by atoms with Gasteiger partial charge in [-0.05, 0) is 42.9 Å². The highest BCUT2D eigenvalue weighted by Gasteiger charge is 2.19. The van der Waals surface area contributed by atoms with E-state index in [1.807, 2.05) is 17.8 Å². The summed E-state index contributed by atoms with van der Waals surface area (Å²) in [5, 5.41) is 10.8. The number of aryl methyl sites for hydroxylation is 2. The lowest BCUT2D eigenvalue weighted by Gasteiger charge is -2.25. The molecule has 0 spiro atoms. The Morgan fingerprint density at radius 3 is 2.93 bits per heavy atom. The summed E-state index contributed by atoms with van der Waals surface area (Å²) in [6.07, 6.45) is 6.51. The van der Waals surface area contributed by atoms with E-state index in [0.717, 1.165) is 37.6 Å². The van der Waals surface area contributed by atoms with E-state index in [2.05, 4.69) is 45.0 Å². The summed E-state index contributed by atoms with van der Waals surface area (Å²) in [6.45, 7) is 2.29. The number of halogens is 1. The first-order valence-corrected chi connectivity index (χ1v) is 9.38. The van der Waals surface area contributed by atoms with Crippen LogP contribution in [0.5, 0.6) is 0 Å². The van der Waals surface area contributed by atoms with Crippen molar-refractivity contribution in [3.8, 4) is 0 Å². The number of aromatic nitrogens is 2. The van der Waals surface area contributed by atoms with Gasteiger partial charge in [-0.15, -0.1) is 24.0 Å². The van der Waals surface area contributed by atoms with Crippen LogP contribution in [0.4, 0.5) is 0 Å². The Balaban J connectivity index is 0.00000261. The van der Waals surface area contributed by atoms with Gasteiger partial charge in [0.25, 0.3) is 0 Å². The van der Waals surface area contributed by atoms with Gasteiger partial charge in [0.2, 0.25) is 0 Å². The van der Waals surface area contributed by atoms with Crippen LogP contribution in [0.1, 0.15) is 42.2 Å².